The number of halogens is 1. The van der Waals surface area contributed by atoms with Crippen LogP contribution in [-0.2, 0) is 22.4 Å². The Kier molecular flexibility index (Phi) is 11.9. The lowest BCUT2D eigenvalue weighted by Crippen LogP contribution is -2.39. The normalized spacial score (nSPS) is 10.6. The van der Waals surface area contributed by atoms with Crippen LogP contribution in [0, 0.1) is 0 Å². The van der Waals surface area contributed by atoms with E-state index in [1.54, 1.807) is 36.3 Å². The van der Waals surface area contributed by atoms with Crippen LogP contribution in [0.2, 0.25) is 0 Å². The number of ether oxygens (including phenoxy) is 2. The molecule has 0 saturated carbocycles. The largest absolute Gasteiger partial charge is 0.508 e. The molecule has 0 spiro atoms. The van der Waals surface area contributed by atoms with Crippen molar-refractivity contribution < 1.29 is 29.3 Å². The van der Waals surface area contributed by atoms with Crippen molar-refractivity contribution in [3.63, 3.8) is 0 Å². The second-order valence-electron chi connectivity index (χ2n) is 8.01. The molecule has 0 bridgehead atoms. The number of phenols is 2. The van der Waals surface area contributed by atoms with Gasteiger partial charge in [0.2, 0.25) is 5.91 Å². The first-order valence-electron chi connectivity index (χ1n) is 10.9. The smallest absolute Gasteiger partial charge is 0.227 e. The molecule has 0 unspecified atom stereocenters. The number of benzene rings is 2. The summed E-state index contributed by atoms with van der Waals surface area (Å²) in [4.78, 5) is 30.3. The zero-order chi connectivity index (χ0) is 24.5. The van der Waals surface area contributed by atoms with Gasteiger partial charge in [-0.1, -0.05) is 6.92 Å². The molecular formula is C25H35ClN2O6. The first-order valence-corrected chi connectivity index (χ1v) is 10.9. The van der Waals surface area contributed by atoms with Gasteiger partial charge in [0, 0.05) is 38.4 Å². The highest BCUT2D eigenvalue weighted by atomic mass is 35.5. The average molecular weight is 495 g/mol. The van der Waals surface area contributed by atoms with Crippen LogP contribution < -0.4 is 4.74 Å². The summed E-state index contributed by atoms with van der Waals surface area (Å²) >= 11 is 0. The van der Waals surface area contributed by atoms with Crippen molar-refractivity contribution in [2.45, 2.75) is 19.8 Å². The standard InChI is InChI=1S/C25H34N2O6.ClH/c1-6-19-20(15-23(30)27(13-14-32-4)12-11-26(2)3)24(22(29)16-21(19)28)25(31)17-7-9-18(33-5)10-8-17;/h7-10,16,28-29H,6,11-15H2,1-5H3;1H. The van der Waals surface area contributed by atoms with Gasteiger partial charge in [0.25, 0.3) is 0 Å². The number of amides is 1. The molecule has 0 aliphatic carbocycles. The molecule has 9 heteroatoms. The van der Waals surface area contributed by atoms with E-state index in [-0.39, 0.29) is 41.8 Å². The maximum atomic E-state index is 13.4. The highest BCUT2D eigenvalue weighted by Gasteiger charge is 2.26. The highest BCUT2D eigenvalue weighted by molar-refractivity contribution is 6.12. The maximum Gasteiger partial charge on any atom is 0.227 e. The third-order valence-corrected chi connectivity index (χ3v) is 5.50. The zero-order valence-electron chi connectivity index (χ0n) is 20.5. The lowest BCUT2D eigenvalue weighted by molar-refractivity contribution is -0.131. The predicted molar refractivity (Wildman–Crippen MR) is 134 cm³/mol. The predicted octanol–water partition coefficient (Wildman–Crippen LogP) is 2.90. The summed E-state index contributed by atoms with van der Waals surface area (Å²) in [7, 11) is 6.95. The number of carbonyl (C=O) groups is 2. The molecule has 0 atom stereocenters. The number of aromatic hydroxyl groups is 2. The van der Waals surface area contributed by atoms with Gasteiger partial charge in [-0.25, -0.2) is 0 Å². The van der Waals surface area contributed by atoms with E-state index in [0.717, 1.165) is 6.07 Å². The van der Waals surface area contributed by atoms with E-state index >= 15 is 0 Å². The van der Waals surface area contributed by atoms with Gasteiger partial charge < -0.3 is 29.5 Å². The van der Waals surface area contributed by atoms with Gasteiger partial charge in [0.1, 0.15) is 17.2 Å². The molecule has 0 aromatic heterocycles. The SMILES string of the molecule is CCc1c(O)cc(O)c(C(=O)c2ccc(OC)cc2)c1CC(=O)N(CCOC)CCN(C)C.Cl. The van der Waals surface area contributed by atoms with Gasteiger partial charge >= 0.3 is 0 Å². The Morgan fingerprint density at radius 2 is 1.59 bits per heavy atom. The summed E-state index contributed by atoms with van der Waals surface area (Å²) in [6, 6.07) is 7.69. The second-order valence-corrected chi connectivity index (χ2v) is 8.01. The number of rotatable bonds is 12. The lowest BCUT2D eigenvalue weighted by Gasteiger charge is -2.25. The molecular weight excluding hydrogens is 460 g/mol. The van der Waals surface area contributed by atoms with Gasteiger partial charge in [-0.3, -0.25) is 9.59 Å². The van der Waals surface area contributed by atoms with E-state index in [1.807, 2.05) is 25.9 Å². The molecule has 2 aromatic rings. The van der Waals surface area contributed by atoms with Gasteiger partial charge in [0.15, 0.2) is 5.78 Å². The molecule has 0 aliphatic heterocycles. The molecule has 1 amide bonds. The number of methoxy groups -OCH3 is 2. The Balaban J connectivity index is 0.00000578. The minimum Gasteiger partial charge on any atom is -0.508 e. The summed E-state index contributed by atoms with van der Waals surface area (Å²) in [6.45, 7) is 3.76. The summed E-state index contributed by atoms with van der Waals surface area (Å²) in [5.74, 6) is -0.534. The molecule has 34 heavy (non-hydrogen) atoms. The fraction of sp³-hybridized carbons (Fsp3) is 0.440. The molecule has 2 aromatic carbocycles. The van der Waals surface area contributed by atoms with E-state index in [2.05, 4.69) is 0 Å². The minimum absolute atomic E-state index is 0. The molecule has 2 rings (SSSR count). The third-order valence-electron chi connectivity index (χ3n) is 5.50. The van der Waals surface area contributed by atoms with Crippen LogP contribution in [0.25, 0.3) is 0 Å². The highest BCUT2D eigenvalue weighted by Crippen LogP contribution is 2.35. The van der Waals surface area contributed by atoms with Crippen LogP contribution in [0.1, 0.15) is 34.0 Å². The number of carbonyl (C=O) groups excluding carboxylic acids is 2. The second kappa shape index (κ2) is 13.8. The Morgan fingerprint density at radius 3 is 2.12 bits per heavy atom. The summed E-state index contributed by atoms with van der Waals surface area (Å²) in [5, 5.41) is 21.1. The monoisotopic (exact) mass is 494 g/mol. The Morgan fingerprint density at radius 1 is 0.941 bits per heavy atom. The molecule has 188 valence electrons. The van der Waals surface area contributed by atoms with Gasteiger partial charge in [0.05, 0.1) is 25.7 Å². The zero-order valence-corrected chi connectivity index (χ0v) is 21.3. The third kappa shape index (κ3) is 7.35. The van der Waals surface area contributed by atoms with Crippen molar-refractivity contribution in [2.75, 3.05) is 54.6 Å². The number of hydrogen-bond donors (Lipinski definition) is 2. The summed E-state index contributed by atoms with van der Waals surface area (Å²) < 4.78 is 10.3. The lowest BCUT2D eigenvalue weighted by atomic mass is 9.89. The van der Waals surface area contributed by atoms with Crippen molar-refractivity contribution >= 4 is 24.1 Å². The van der Waals surface area contributed by atoms with E-state index in [9.17, 15) is 19.8 Å². The van der Waals surface area contributed by atoms with Crippen LogP contribution in [0.4, 0.5) is 0 Å². The molecule has 0 aliphatic rings. The number of hydrogen-bond acceptors (Lipinski definition) is 7. The van der Waals surface area contributed by atoms with Crippen molar-refractivity contribution in [2.24, 2.45) is 0 Å². The first kappa shape index (κ1) is 29.2. The fourth-order valence-electron chi connectivity index (χ4n) is 3.62. The average Bonchev–Trinajstić information content (AvgIpc) is 2.78. The van der Waals surface area contributed by atoms with Crippen molar-refractivity contribution in [3.05, 3.63) is 52.6 Å². The molecule has 2 N–H and O–H groups in total. The van der Waals surface area contributed by atoms with E-state index in [4.69, 9.17) is 9.47 Å². The van der Waals surface area contributed by atoms with Crippen molar-refractivity contribution in [1.82, 2.24) is 9.80 Å². The minimum atomic E-state index is -0.426. The molecule has 0 radical (unpaired) electrons. The fourth-order valence-corrected chi connectivity index (χ4v) is 3.62. The number of nitrogens with zero attached hydrogens (tertiary/aromatic N) is 2. The van der Waals surface area contributed by atoms with Crippen molar-refractivity contribution in [1.29, 1.82) is 0 Å². The van der Waals surface area contributed by atoms with Gasteiger partial charge in [-0.15, -0.1) is 12.4 Å². The van der Waals surface area contributed by atoms with Crippen LogP contribution in [0.15, 0.2) is 30.3 Å². The van der Waals surface area contributed by atoms with E-state index < -0.39 is 5.78 Å². The van der Waals surface area contributed by atoms with Gasteiger partial charge in [-0.2, -0.15) is 0 Å². The molecule has 0 heterocycles. The molecule has 8 nitrogen and oxygen atoms in total. The summed E-state index contributed by atoms with van der Waals surface area (Å²) in [5.41, 5.74) is 1.18. The maximum absolute atomic E-state index is 13.4. The van der Waals surface area contributed by atoms with Crippen LogP contribution in [0.5, 0.6) is 17.2 Å². The van der Waals surface area contributed by atoms with E-state index in [1.165, 1.54) is 7.11 Å². The van der Waals surface area contributed by atoms with Gasteiger partial charge in [-0.05, 0) is 55.9 Å². The number of ketones is 1. The molecule has 0 fully saturated rings. The Bertz CT molecular complexity index is 963. The van der Waals surface area contributed by atoms with Crippen molar-refractivity contribution in [3.8, 4) is 17.2 Å². The number of phenolic OH excluding ortho intramolecular Hbond substituents is 2. The number of likely N-dealkylation sites (N-methyl/N-ethyl adjacent to an activating group) is 1. The first-order chi connectivity index (χ1) is 15.7. The molecule has 0 saturated heterocycles. The summed E-state index contributed by atoms with van der Waals surface area (Å²) in [6.07, 6.45) is 0.271. The topological polar surface area (TPSA) is 99.5 Å². The van der Waals surface area contributed by atoms with E-state index in [0.29, 0.717) is 55.1 Å². The van der Waals surface area contributed by atoms with Crippen LogP contribution in [-0.4, -0.2) is 86.3 Å². The Hall–Kier alpha value is -2.81. The van der Waals surface area contributed by atoms with Crippen LogP contribution in [0.3, 0.4) is 0 Å². The quantitative estimate of drug-likeness (QED) is 0.437. The van der Waals surface area contributed by atoms with Crippen LogP contribution >= 0.6 is 12.4 Å². The Labute approximate surface area is 207 Å².